The van der Waals surface area contributed by atoms with Crippen molar-refractivity contribution in [1.29, 1.82) is 0 Å². The summed E-state index contributed by atoms with van der Waals surface area (Å²) in [7, 11) is 0. The molecule has 0 radical (unpaired) electrons. The van der Waals surface area contributed by atoms with Gasteiger partial charge in [-0.1, -0.05) is 13.8 Å². The van der Waals surface area contributed by atoms with Crippen LogP contribution in [0.2, 0.25) is 0 Å². The molecule has 13 heavy (non-hydrogen) atoms. The molecule has 1 saturated carbocycles. The minimum Gasteiger partial charge on any atom is -0.481 e. The third kappa shape index (κ3) is 2.83. The number of hydrogen-bond donors (Lipinski definition) is 1. The molecule has 0 aromatic rings. The van der Waals surface area contributed by atoms with E-state index in [4.69, 9.17) is 5.11 Å². The maximum absolute atomic E-state index is 11.4. The average molecular weight is 184 g/mol. The quantitative estimate of drug-likeness (QED) is 0.707. The zero-order valence-electron chi connectivity index (χ0n) is 8.12. The number of ketones is 1. The molecule has 0 aromatic heterocycles. The molecule has 1 aliphatic rings. The van der Waals surface area contributed by atoms with E-state index < -0.39 is 5.97 Å². The van der Waals surface area contributed by atoms with Crippen LogP contribution < -0.4 is 0 Å². The van der Waals surface area contributed by atoms with Gasteiger partial charge in [0.1, 0.15) is 5.78 Å². The summed E-state index contributed by atoms with van der Waals surface area (Å²) in [6.45, 7) is 4.13. The highest BCUT2D eigenvalue weighted by Crippen LogP contribution is 2.40. The van der Waals surface area contributed by atoms with E-state index in [2.05, 4.69) is 13.8 Å². The highest BCUT2D eigenvalue weighted by molar-refractivity contribution is 5.90. The maximum atomic E-state index is 11.4. The van der Waals surface area contributed by atoms with Crippen LogP contribution in [0.4, 0.5) is 0 Å². The molecule has 2 unspecified atom stereocenters. The second-order valence-electron chi connectivity index (χ2n) is 4.19. The van der Waals surface area contributed by atoms with E-state index in [0.29, 0.717) is 18.8 Å². The molecular weight excluding hydrogens is 168 g/mol. The zero-order valence-corrected chi connectivity index (χ0v) is 8.12. The molecule has 0 amide bonds. The van der Waals surface area contributed by atoms with Crippen molar-refractivity contribution in [2.75, 3.05) is 0 Å². The van der Waals surface area contributed by atoms with E-state index in [1.807, 2.05) is 0 Å². The monoisotopic (exact) mass is 184 g/mol. The summed E-state index contributed by atoms with van der Waals surface area (Å²) in [5.41, 5.74) is 0. The zero-order chi connectivity index (χ0) is 10.0. The van der Waals surface area contributed by atoms with Crippen LogP contribution in [-0.4, -0.2) is 16.9 Å². The van der Waals surface area contributed by atoms with Crippen molar-refractivity contribution < 1.29 is 14.7 Å². The molecule has 1 N–H and O–H groups in total. The van der Waals surface area contributed by atoms with Gasteiger partial charge in [0.2, 0.25) is 0 Å². The lowest BCUT2D eigenvalue weighted by Crippen LogP contribution is -2.08. The molecule has 0 spiro atoms. The van der Waals surface area contributed by atoms with Crippen LogP contribution >= 0.6 is 0 Å². The Morgan fingerprint density at radius 2 is 2.00 bits per heavy atom. The van der Waals surface area contributed by atoms with E-state index in [1.54, 1.807) is 0 Å². The standard InChI is InChI=1S/C10H16O3/c1-6(2)3-4-9(11)7-5-8(7)10(12)13/h6-8H,3-5H2,1-2H3,(H,12,13). The first-order valence-corrected chi connectivity index (χ1v) is 4.78. The fraction of sp³-hybridized carbons (Fsp3) is 0.800. The molecule has 3 nitrogen and oxygen atoms in total. The Balaban J connectivity index is 2.24. The molecule has 3 heteroatoms. The first kappa shape index (κ1) is 10.2. The van der Waals surface area contributed by atoms with Crippen molar-refractivity contribution in [3.05, 3.63) is 0 Å². The van der Waals surface area contributed by atoms with Crippen LogP contribution in [0.5, 0.6) is 0 Å². The number of hydrogen-bond acceptors (Lipinski definition) is 2. The fourth-order valence-electron chi connectivity index (χ4n) is 1.44. The van der Waals surface area contributed by atoms with Gasteiger partial charge in [0.15, 0.2) is 0 Å². The summed E-state index contributed by atoms with van der Waals surface area (Å²) in [6.07, 6.45) is 1.99. The Morgan fingerprint density at radius 1 is 1.38 bits per heavy atom. The first-order chi connectivity index (χ1) is 6.02. The molecule has 0 heterocycles. The summed E-state index contributed by atoms with van der Waals surface area (Å²) < 4.78 is 0. The molecule has 0 aliphatic heterocycles. The Kier molecular flexibility index (Phi) is 3.07. The average Bonchev–Trinajstić information content (AvgIpc) is 2.78. The second kappa shape index (κ2) is 3.90. The van der Waals surface area contributed by atoms with Gasteiger partial charge in [-0.25, -0.2) is 0 Å². The van der Waals surface area contributed by atoms with Crippen molar-refractivity contribution >= 4 is 11.8 Å². The van der Waals surface area contributed by atoms with Crippen molar-refractivity contribution in [2.45, 2.75) is 33.1 Å². The number of aliphatic carboxylic acids is 1. The van der Waals surface area contributed by atoms with E-state index >= 15 is 0 Å². The Morgan fingerprint density at radius 3 is 2.38 bits per heavy atom. The van der Waals surface area contributed by atoms with Gasteiger partial charge in [0.05, 0.1) is 5.92 Å². The lowest BCUT2D eigenvalue weighted by atomic mass is 10.0. The van der Waals surface area contributed by atoms with Crippen molar-refractivity contribution in [2.24, 2.45) is 17.8 Å². The fourth-order valence-corrected chi connectivity index (χ4v) is 1.44. The van der Waals surface area contributed by atoms with Crippen LogP contribution in [0.25, 0.3) is 0 Å². The minimum atomic E-state index is -0.817. The number of Topliss-reactive ketones (excluding diaryl/α,β-unsaturated/α-hetero) is 1. The van der Waals surface area contributed by atoms with Crippen LogP contribution in [0.3, 0.4) is 0 Å². The number of carbonyl (C=O) groups excluding carboxylic acids is 1. The number of carboxylic acid groups (broad SMARTS) is 1. The molecule has 1 aliphatic carbocycles. The van der Waals surface area contributed by atoms with Gasteiger partial charge in [-0.05, 0) is 18.8 Å². The normalized spacial score (nSPS) is 26.1. The lowest BCUT2D eigenvalue weighted by molar-refractivity contribution is -0.140. The summed E-state index contributed by atoms with van der Waals surface area (Å²) >= 11 is 0. The topological polar surface area (TPSA) is 54.4 Å². The van der Waals surface area contributed by atoms with Gasteiger partial charge in [-0.3, -0.25) is 9.59 Å². The number of rotatable bonds is 5. The minimum absolute atomic E-state index is 0.140. The third-order valence-corrected chi connectivity index (χ3v) is 2.49. The second-order valence-corrected chi connectivity index (χ2v) is 4.19. The van der Waals surface area contributed by atoms with Gasteiger partial charge < -0.3 is 5.11 Å². The van der Waals surface area contributed by atoms with E-state index in [9.17, 15) is 9.59 Å². The van der Waals surface area contributed by atoms with E-state index in [1.165, 1.54) is 0 Å². The SMILES string of the molecule is CC(C)CCC(=O)C1CC1C(=O)O. The molecule has 0 aromatic carbocycles. The van der Waals surface area contributed by atoms with E-state index in [-0.39, 0.29) is 17.6 Å². The smallest absolute Gasteiger partial charge is 0.307 e. The van der Waals surface area contributed by atoms with Crippen molar-refractivity contribution in [3.63, 3.8) is 0 Å². The summed E-state index contributed by atoms with van der Waals surface area (Å²) in [6, 6.07) is 0. The van der Waals surface area contributed by atoms with Gasteiger partial charge in [0.25, 0.3) is 0 Å². The summed E-state index contributed by atoms with van der Waals surface area (Å²) in [5.74, 6) is -0.703. The van der Waals surface area contributed by atoms with Gasteiger partial charge in [-0.2, -0.15) is 0 Å². The largest absolute Gasteiger partial charge is 0.481 e. The van der Waals surface area contributed by atoms with Crippen LogP contribution in [0.15, 0.2) is 0 Å². The van der Waals surface area contributed by atoms with Crippen LogP contribution in [-0.2, 0) is 9.59 Å². The van der Waals surface area contributed by atoms with Gasteiger partial charge >= 0.3 is 5.97 Å². The van der Waals surface area contributed by atoms with E-state index in [0.717, 1.165) is 6.42 Å². The molecule has 1 rings (SSSR count). The molecule has 2 atom stereocenters. The molecule has 0 bridgehead atoms. The third-order valence-electron chi connectivity index (χ3n) is 2.49. The molecule has 1 fully saturated rings. The summed E-state index contributed by atoms with van der Waals surface area (Å²) in [4.78, 5) is 21.8. The number of carbonyl (C=O) groups is 2. The highest BCUT2D eigenvalue weighted by atomic mass is 16.4. The summed E-state index contributed by atoms with van der Waals surface area (Å²) in [5, 5.41) is 8.60. The first-order valence-electron chi connectivity index (χ1n) is 4.78. The predicted molar refractivity (Wildman–Crippen MR) is 48.3 cm³/mol. The molecular formula is C10H16O3. The maximum Gasteiger partial charge on any atom is 0.307 e. The van der Waals surface area contributed by atoms with Gasteiger partial charge in [0, 0.05) is 12.3 Å². The Hall–Kier alpha value is -0.860. The Bertz CT molecular complexity index is 220. The van der Waals surface area contributed by atoms with Gasteiger partial charge in [-0.15, -0.1) is 0 Å². The van der Waals surface area contributed by atoms with Crippen LogP contribution in [0.1, 0.15) is 33.1 Å². The lowest BCUT2D eigenvalue weighted by Gasteiger charge is -2.02. The van der Waals surface area contributed by atoms with Crippen molar-refractivity contribution in [1.82, 2.24) is 0 Å². The molecule has 74 valence electrons. The highest BCUT2D eigenvalue weighted by Gasteiger charge is 2.47. The van der Waals surface area contributed by atoms with Crippen molar-refractivity contribution in [3.8, 4) is 0 Å². The number of carboxylic acids is 1. The predicted octanol–water partition coefficient (Wildman–Crippen LogP) is 1.71. The Labute approximate surface area is 78.1 Å². The van der Waals surface area contributed by atoms with Crippen LogP contribution in [0, 0.1) is 17.8 Å². The molecule has 0 saturated heterocycles.